The van der Waals surface area contributed by atoms with E-state index in [9.17, 15) is 4.79 Å². The summed E-state index contributed by atoms with van der Waals surface area (Å²) in [6, 6.07) is 7.56. The molecule has 0 amide bonds. The van der Waals surface area contributed by atoms with Gasteiger partial charge in [0.25, 0.3) is 0 Å². The van der Waals surface area contributed by atoms with Gasteiger partial charge in [-0.15, -0.1) is 0 Å². The third kappa shape index (κ3) is 1.33. The molecule has 0 unspecified atom stereocenters. The Morgan fingerprint density at radius 1 is 1.20 bits per heavy atom. The van der Waals surface area contributed by atoms with Gasteiger partial charge in [-0.3, -0.25) is 4.79 Å². The molecule has 1 aromatic heterocycles. The molecule has 2 aromatic rings. The number of rotatable bonds is 1. The molecular weight excluding hydrogens is 190 g/mol. The molecule has 1 aromatic carbocycles. The minimum Gasteiger partial charge on any atom is -0.297 e. The lowest BCUT2D eigenvalue weighted by Gasteiger charge is -2.04. The maximum Gasteiger partial charge on any atom is 0.159 e. The van der Waals surface area contributed by atoms with Crippen molar-refractivity contribution in [3.8, 4) is 0 Å². The Hall–Kier alpha value is -1.71. The number of benzene rings is 1. The van der Waals surface area contributed by atoms with Gasteiger partial charge >= 0.3 is 0 Å². The zero-order valence-corrected chi connectivity index (χ0v) is 8.26. The average Bonchev–Trinajstić information content (AvgIpc) is 2.82. The van der Waals surface area contributed by atoms with Crippen molar-refractivity contribution in [2.75, 3.05) is 0 Å². The molecule has 76 valence electrons. The van der Waals surface area contributed by atoms with Gasteiger partial charge in [0, 0.05) is 6.42 Å². The molecule has 1 saturated carbocycles. The molecule has 1 heterocycles. The van der Waals surface area contributed by atoms with Crippen LogP contribution < -0.4 is 0 Å². The molecule has 4 nitrogen and oxygen atoms in total. The van der Waals surface area contributed by atoms with E-state index in [0.717, 1.165) is 23.9 Å². The third-order valence-electron chi connectivity index (χ3n) is 2.85. The lowest BCUT2D eigenvalue weighted by atomic mass is 10.2. The second kappa shape index (κ2) is 3.15. The highest BCUT2D eigenvalue weighted by Crippen LogP contribution is 2.25. The van der Waals surface area contributed by atoms with Gasteiger partial charge in [0.1, 0.15) is 17.1 Å². The SMILES string of the molecule is O=C1CCC[C@@H]1n1nc2ccccc2n1. The summed E-state index contributed by atoms with van der Waals surface area (Å²) < 4.78 is 0. The highest BCUT2D eigenvalue weighted by Gasteiger charge is 2.27. The van der Waals surface area contributed by atoms with Gasteiger partial charge < -0.3 is 0 Å². The van der Waals surface area contributed by atoms with Crippen molar-refractivity contribution in [3.05, 3.63) is 24.3 Å². The lowest BCUT2D eigenvalue weighted by Crippen LogP contribution is -2.15. The van der Waals surface area contributed by atoms with E-state index in [-0.39, 0.29) is 11.8 Å². The van der Waals surface area contributed by atoms with Crippen LogP contribution >= 0.6 is 0 Å². The van der Waals surface area contributed by atoms with Crippen molar-refractivity contribution in [1.29, 1.82) is 0 Å². The van der Waals surface area contributed by atoms with E-state index < -0.39 is 0 Å². The zero-order valence-electron chi connectivity index (χ0n) is 8.26. The summed E-state index contributed by atoms with van der Waals surface area (Å²) in [5, 5.41) is 8.66. The first-order valence-corrected chi connectivity index (χ1v) is 5.19. The Kier molecular flexibility index (Phi) is 1.80. The second-order valence-electron chi connectivity index (χ2n) is 3.88. The van der Waals surface area contributed by atoms with E-state index in [2.05, 4.69) is 10.2 Å². The predicted octanol–water partition coefficient (Wildman–Crippen LogP) is 1.73. The number of carbonyl (C=O) groups is 1. The minimum absolute atomic E-state index is 0.127. The van der Waals surface area contributed by atoms with E-state index in [1.54, 1.807) is 4.80 Å². The van der Waals surface area contributed by atoms with E-state index >= 15 is 0 Å². The Labute approximate surface area is 86.9 Å². The number of hydrogen-bond acceptors (Lipinski definition) is 3. The smallest absolute Gasteiger partial charge is 0.159 e. The van der Waals surface area contributed by atoms with Crippen LogP contribution in [0.15, 0.2) is 24.3 Å². The molecule has 0 saturated heterocycles. The zero-order chi connectivity index (χ0) is 10.3. The first-order valence-electron chi connectivity index (χ1n) is 5.19. The van der Waals surface area contributed by atoms with Gasteiger partial charge in [0.15, 0.2) is 5.78 Å². The fraction of sp³-hybridized carbons (Fsp3) is 0.364. The van der Waals surface area contributed by atoms with Crippen LogP contribution in [-0.4, -0.2) is 20.8 Å². The van der Waals surface area contributed by atoms with Crippen LogP contribution in [-0.2, 0) is 4.79 Å². The van der Waals surface area contributed by atoms with Crippen molar-refractivity contribution >= 4 is 16.8 Å². The lowest BCUT2D eigenvalue weighted by molar-refractivity contribution is -0.120. The third-order valence-corrected chi connectivity index (χ3v) is 2.85. The van der Waals surface area contributed by atoms with Crippen molar-refractivity contribution in [1.82, 2.24) is 15.0 Å². The second-order valence-corrected chi connectivity index (χ2v) is 3.88. The fourth-order valence-corrected chi connectivity index (χ4v) is 2.06. The molecule has 15 heavy (non-hydrogen) atoms. The van der Waals surface area contributed by atoms with Gasteiger partial charge in [-0.1, -0.05) is 12.1 Å². The molecule has 0 bridgehead atoms. The summed E-state index contributed by atoms with van der Waals surface area (Å²) in [6.45, 7) is 0. The van der Waals surface area contributed by atoms with Gasteiger partial charge in [-0.25, -0.2) is 0 Å². The van der Waals surface area contributed by atoms with Crippen LogP contribution in [0.2, 0.25) is 0 Å². The standard InChI is InChI=1S/C11H11N3O/c15-11-7-3-6-10(11)14-12-8-4-1-2-5-9(8)13-14/h1-2,4-5,10H,3,6-7H2/t10-/m0/s1. The molecule has 1 fully saturated rings. The summed E-state index contributed by atoms with van der Waals surface area (Å²) in [6.07, 6.45) is 2.50. The summed E-state index contributed by atoms with van der Waals surface area (Å²) in [7, 11) is 0. The predicted molar refractivity (Wildman–Crippen MR) is 55.4 cm³/mol. The highest BCUT2D eigenvalue weighted by molar-refractivity contribution is 5.84. The van der Waals surface area contributed by atoms with E-state index in [0.29, 0.717) is 6.42 Å². The monoisotopic (exact) mass is 201 g/mol. The van der Waals surface area contributed by atoms with Crippen LogP contribution in [0.1, 0.15) is 25.3 Å². The highest BCUT2D eigenvalue weighted by atomic mass is 16.1. The number of ketones is 1. The molecule has 1 aliphatic carbocycles. The maximum atomic E-state index is 11.6. The van der Waals surface area contributed by atoms with Crippen molar-refractivity contribution in [2.45, 2.75) is 25.3 Å². The molecule has 0 aliphatic heterocycles. The normalized spacial score (nSPS) is 21.3. The summed E-state index contributed by atoms with van der Waals surface area (Å²) in [5.41, 5.74) is 1.72. The topological polar surface area (TPSA) is 47.8 Å². The fourth-order valence-electron chi connectivity index (χ4n) is 2.06. The molecule has 4 heteroatoms. The Morgan fingerprint density at radius 2 is 1.87 bits per heavy atom. The minimum atomic E-state index is -0.127. The number of hydrogen-bond donors (Lipinski definition) is 0. The number of Topliss-reactive ketones (excluding diaryl/α,β-unsaturated/α-hetero) is 1. The molecule has 0 radical (unpaired) electrons. The van der Waals surface area contributed by atoms with Crippen molar-refractivity contribution in [2.24, 2.45) is 0 Å². The van der Waals surface area contributed by atoms with Crippen LogP contribution in [0, 0.1) is 0 Å². The maximum absolute atomic E-state index is 11.6. The molecule has 0 N–H and O–H groups in total. The number of nitrogens with zero attached hydrogens (tertiary/aromatic N) is 3. The largest absolute Gasteiger partial charge is 0.297 e. The first-order chi connectivity index (χ1) is 7.34. The summed E-state index contributed by atoms with van der Waals surface area (Å²) in [4.78, 5) is 13.1. The number of aromatic nitrogens is 3. The molecule has 1 atom stereocenters. The van der Waals surface area contributed by atoms with Crippen LogP contribution in [0.4, 0.5) is 0 Å². The van der Waals surface area contributed by atoms with Gasteiger partial charge in [-0.2, -0.15) is 15.0 Å². The molecular formula is C11H11N3O. The first kappa shape index (κ1) is 8.59. The van der Waals surface area contributed by atoms with E-state index in [4.69, 9.17) is 0 Å². The van der Waals surface area contributed by atoms with Crippen molar-refractivity contribution in [3.63, 3.8) is 0 Å². The molecule has 0 spiro atoms. The number of carbonyl (C=O) groups excluding carboxylic acids is 1. The van der Waals surface area contributed by atoms with Gasteiger partial charge in [0.05, 0.1) is 0 Å². The average molecular weight is 201 g/mol. The van der Waals surface area contributed by atoms with Gasteiger partial charge in [-0.05, 0) is 25.0 Å². The number of fused-ring (bicyclic) bond motifs is 1. The molecule has 1 aliphatic rings. The Balaban J connectivity index is 2.08. The van der Waals surface area contributed by atoms with Crippen molar-refractivity contribution < 1.29 is 4.79 Å². The quantitative estimate of drug-likeness (QED) is 0.705. The van der Waals surface area contributed by atoms with Gasteiger partial charge in [0.2, 0.25) is 0 Å². The van der Waals surface area contributed by atoms with E-state index in [1.807, 2.05) is 24.3 Å². The summed E-state index contributed by atoms with van der Waals surface area (Å²) in [5.74, 6) is 0.260. The Bertz CT molecular complexity index is 484. The molecule has 3 rings (SSSR count). The van der Waals surface area contributed by atoms with Crippen LogP contribution in [0.25, 0.3) is 11.0 Å². The van der Waals surface area contributed by atoms with Crippen LogP contribution in [0.3, 0.4) is 0 Å². The Morgan fingerprint density at radius 3 is 2.40 bits per heavy atom. The summed E-state index contributed by atoms with van der Waals surface area (Å²) >= 11 is 0. The van der Waals surface area contributed by atoms with E-state index in [1.165, 1.54) is 0 Å². The van der Waals surface area contributed by atoms with Crippen LogP contribution in [0.5, 0.6) is 0 Å².